The molecule has 2 N–H and O–H groups in total. The first kappa shape index (κ1) is 25.0. The quantitative estimate of drug-likeness (QED) is 0.453. The van der Waals surface area contributed by atoms with Crippen LogP contribution in [0, 0.1) is 24.6 Å². The van der Waals surface area contributed by atoms with Crippen LogP contribution in [0.5, 0.6) is 0 Å². The van der Waals surface area contributed by atoms with Crippen molar-refractivity contribution >= 4 is 0 Å². The van der Waals surface area contributed by atoms with Gasteiger partial charge in [0.15, 0.2) is 0 Å². The number of hydrogen-bond acceptors (Lipinski definition) is 4. The average molecular weight is 578 g/mol. The standard InChI is InChI=1S/C17H11F2N2.C5H12O2.Ir/c1-11-10-20-16(12-2-6-14(18)7-3-12)17(21-11)13-4-8-15(19)9-5-13;1-4(6)3-5(2)7;/h2,4-10H,1H3;4-7H,3H2,1-2H3;/q-1;;. The summed E-state index contributed by atoms with van der Waals surface area (Å²) in [6, 6.07) is 13.1. The van der Waals surface area contributed by atoms with Crippen molar-refractivity contribution in [2.45, 2.75) is 39.4 Å². The first-order valence-corrected chi connectivity index (χ1v) is 8.89. The van der Waals surface area contributed by atoms with Crippen LogP contribution in [0.3, 0.4) is 0 Å². The first-order chi connectivity index (χ1) is 13.3. The predicted molar refractivity (Wildman–Crippen MR) is 104 cm³/mol. The molecule has 0 saturated heterocycles. The van der Waals surface area contributed by atoms with Gasteiger partial charge in [-0.3, -0.25) is 9.37 Å². The first-order valence-electron chi connectivity index (χ1n) is 8.89. The normalized spacial score (nSPS) is 12.2. The van der Waals surface area contributed by atoms with Crippen LogP contribution in [0.15, 0.2) is 48.7 Å². The zero-order valence-electron chi connectivity index (χ0n) is 16.4. The van der Waals surface area contributed by atoms with Crippen LogP contribution >= 0.6 is 0 Å². The summed E-state index contributed by atoms with van der Waals surface area (Å²) in [5, 5.41) is 17.1. The number of aromatic nitrogens is 2. The third-order valence-electron chi connectivity index (χ3n) is 3.72. The van der Waals surface area contributed by atoms with Gasteiger partial charge in [-0.25, -0.2) is 4.39 Å². The molecule has 0 aliphatic rings. The molecule has 0 bridgehead atoms. The Morgan fingerprint density at radius 3 is 2.00 bits per heavy atom. The second kappa shape index (κ2) is 11.8. The van der Waals surface area contributed by atoms with Gasteiger partial charge in [0, 0.05) is 37.8 Å². The Morgan fingerprint density at radius 2 is 1.52 bits per heavy atom. The predicted octanol–water partition coefficient (Wildman–Crippen LogP) is 4.33. The van der Waals surface area contributed by atoms with Gasteiger partial charge in [0.2, 0.25) is 0 Å². The van der Waals surface area contributed by atoms with E-state index in [0.717, 1.165) is 11.3 Å². The molecule has 2 atom stereocenters. The maximum absolute atomic E-state index is 13.1. The molecule has 0 aliphatic carbocycles. The molecule has 3 rings (SSSR count). The summed E-state index contributed by atoms with van der Waals surface area (Å²) in [5.74, 6) is -0.670. The Kier molecular flexibility index (Phi) is 10.2. The van der Waals surface area contributed by atoms with Crippen molar-refractivity contribution in [2.24, 2.45) is 0 Å². The molecule has 1 radical (unpaired) electrons. The number of hydrogen-bond donors (Lipinski definition) is 2. The van der Waals surface area contributed by atoms with E-state index < -0.39 is 0 Å². The van der Waals surface area contributed by atoms with Gasteiger partial charge in [0.1, 0.15) is 5.82 Å². The fourth-order valence-corrected chi connectivity index (χ4v) is 2.53. The number of nitrogens with zero attached hydrogens (tertiary/aromatic N) is 2. The molecule has 0 spiro atoms. The minimum Gasteiger partial charge on any atom is -0.393 e. The SMILES string of the molecule is CC(O)CC(C)O.Cc1cnc(-c2[c-]cc(F)cc2)c(-c2ccc(F)cc2)n1.[Ir]. The monoisotopic (exact) mass is 578 g/mol. The molecule has 7 heteroatoms. The molecule has 0 aliphatic heterocycles. The molecule has 2 aromatic carbocycles. The van der Waals surface area contributed by atoms with E-state index in [9.17, 15) is 8.78 Å². The van der Waals surface area contributed by atoms with Crippen molar-refractivity contribution in [3.63, 3.8) is 0 Å². The summed E-state index contributed by atoms with van der Waals surface area (Å²) in [6.45, 7) is 5.15. The van der Waals surface area contributed by atoms with E-state index in [1.54, 1.807) is 38.2 Å². The van der Waals surface area contributed by atoms with Crippen molar-refractivity contribution in [2.75, 3.05) is 0 Å². The van der Waals surface area contributed by atoms with Crippen LogP contribution < -0.4 is 0 Å². The van der Waals surface area contributed by atoms with Crippen LogP contribution in [0.4, 0.5) is 8.78 Å². The summed E-state index contributed by atoms with van der Waals surface area (Å²) < 4.78 is 26.1. The summed E-state index contributed by atoms with van der Waals surface area (Å²) >= 11 is 0. The van der Waals surface area contributed by atoms with Gasteiger partial charge in [-0.2, -0.15) is 0 Å². The number of benzene rings is 2. The maximum Gasteiger partial charge on any atom is 0.123 e. The van der Waals surface area contributed by atoms with E-state index in [4.69, 9.17) is 10.2 Å². The fourth-order valence-electron chi connectivity index (χ4n) is 2.53. The summed E-state index contributed by atoms with van der Waals surface area (Å²) in [5.41, 5.74) is 3.36. The summed E-state index contributed by atoms with van der Waals surface area (Å²) in [4.78, 5) is 8.84. The van der Waals surface area contributed by atoms with Crippen LogP contribution in [-0.4, -0.2) is 32.4 Å². The van der Waals surface area contributed by atoms with Crippen molar-refractivity contribution in [3.8, 4) is 22.5 Å². The van der Waals surface area contributed by atoms with Gasteiger partial charge < -0.3 is 15.2 Å². The zero-order chi connectivity index (χ0) is 20.7. The smallest absolute Gasteiger partial charge is 0.123 e. The second-order valence-corrected chi connectivity index (χ2v) is 6.57. The molecule has 0 fully saturated rings. The number of halogens is 2. The zero-order valence-corrected chi connectivity index (χ0v) is 18.8. The topological polar surface area (TPSA) is 66.2 Å². The van der Waals surface area contributed by atoms with Crippen molar-refractivity contribution in [1.82, 2.24) is 9.97 Å². The van der Waals surface area contributed by atoms with Gasteiger partial charge in [-0.05, 0) is 44.9 Å². The van der Waals surface area contributed by atoms with Crippen LogP contribution in [-0.2, 0) is 20.1 Å². The third-order valence-corrected chi connectivity index (χ3v) is 3.72. The fraction of sp³-hybridized carbons (Fsp3) is 0.273. The van der Waals surface area contributed by atoms with Crippen molar-refractivity contribution < 1.29 is 39.1 Å². The van der Waals surface area contributed by atoms with E-state index in [0.29, 0.717) is 23.4 Å². The Balaban J connectivity index is 0.000000456. The van der Waals surface area contributed by atoms with E-state index in [-0.39, 0.29) is 43.9 Å². The number of aryl methyl sites for hydroxylation is 1. The van der Waals surface area contributed by atoms with Crippen molar-refractivity contribution in [1.29, 1.82) is 0 Å². The number of aliphatic hydroxyl groups excluding tert-OH is 2. The molecule has 0 saturated carbocycles. The molecular weight excluding hydrogens is 554 g/mol. The molecular formula is C22H23F2IrN2O2-. The summed E-state index contributed by atoms with van der Waals surface area (Å²) in [6.07, 6.45) is 1.36. The molecule has 157 valence electrons. The van der Waals surface area contributed by atoms with Crippen LogP contribution in [0.2, 0.25) is 0 Å². The van der Waals surface area contributed by atoms with E-state index >= 15 is 0 Å². The molecule has 0 amide bonds. The number of aliphatic hydroxyl groups is 2. The molecule has 3 aromatic rings. The van der Waals surface area contributed by atoms with E-state index in [1.165, 1.54) is 24.3 Å². The molecule has 1 aromatic heterocycles. The van der Waals surface area contributed by atoms with Gasteiger partial charge in [0.05, 0.1) is 23.6 Å². The largest absolute Gasteiger partial charge is 0.393 e. The minimum atomic E-state index is -0.375. The van der Waals surface area contributed by atoms with Crippen LogP contribution in [0.25, 0.3) is 22.5 Å². The second-order valence-electron chi connectivity index (χ2n) is 6.57. The summed E-state index contributed by atoms with van der Waals surface area (Å²) in [7, 11) is 0. The molecule has 1 heterocycles. The Hall–Kier alpha value is -2.05. The maximum atomic E-state index is 13.1. The van der Waals surface area contributed by atoms with Crippen LogP contribution in [0.1, 0.15) is 26.0 Å². The Bertz CT molecular complexity index is 880. The van der Waals surface area contributed by atoms with Gasteiger partial charge in [-0.1, -0.05) is 12.1 Å². The third kappa shape index (κ3) is 8.07. The minimum absolute atomic E-state index is 0. The van der Waals surface area contributed by atoms with E-state index in [2.05, 4.69) is 16.0 Å². The molecule has 29 heavy (non-hydrogen) atoms. The number of rotatable bonds is 4. The van der Waals surface area contributed by atoms with E-state index in [1.807, 2.05) is 6.92 Å². The van der Waals surface area contributed by atoms with Gasteiger partial charge in [-0.15, -0.1) is 29.8 Å². The Morgan fingerprint density at radius 1 is 0.931 bits per heavy atom. The molecule has 4 nitrogen and oxygen atoms in total. The van der Waals surface area contributed by atoms with Gasteiger partial charge >= 0.3 is 0 Å². The Labute approximate surface area is 183 Å². The average Bonchev–Trinajstić information content (AvgIpc) is 2.62. The van der Waals surface area contributed by atoms with Gasteiger partial charge in [0.25, 0.3) is 0 Å². The molecule has 2 unspecified atom stereocenters. The van der Waals surface area contributed by atoms with Crippen molar-refractivity contribution in [3.05, 3.63) is 72.1 Å².